The number of carbonyl (C=O) groups is 1. The highest BCUT2D eigenvalue weighted by Gasteiger charge is 2.45. The van der Waals surface area contributed by atoms with Crippen molar-refractivity contribution in [2.75, 3.05) is 6.61 Å². The van der Waals surface area contributed by atoms with Crippen molar-refractivity contribution in [2.24, 2.45) is 0 Å². The number of hydrogen-bond acceptors (Lipinski definition) is 6. The molecule has 6 nitrogen and oxygen atoms in total. The van der Waals surface area contributed by atoms with Gasteiger partial charge in [0.2, 0.25) is 0 Å². The first-order valence-corrected chi connectivity index (χ1v) is 3.43. The van der Waals surface area contributed by atoms with Gasteiger partial charge in [-0.25, -0.2) is 4.79 Å². The van der Waals surface area contributed by atoms with Crippen LogP contribution in [0.5, 0.6) is 0 Å². The van der Waals surface area contributed by atoms with E-state index in [1.54, 1.807) is 0 Å². The van der Waals surface area contributed by atoms with E-state index in [0.29, 0.717) is 0 Å². The van der Waals surface area contributed by atoms with Crippen LogP contribution in [0.15, 0.2) is 0 Å². The van der Waals surface area contributed by atoms with Crippen LogP contribution >= 0.6 is 0 Å². The van der Waals surface area contributed by atoms with Crippen LogP contribution in [0, 0.1) is 0 Å². The molecule has 6 heteroatoms. The second kappa shape index (κ2) is 3.36. The van der Waals surface area contributed by atoms with Crippen molar-refractivity contribution in [1.29, 1.82) is 0 Å². The Bertz CT molecular complexity index is 181. The van der Waals surface area contributed by atoms with E-state index >= 15 is 0 Å². The molecule has 0 aliphatic carbocycles. The quantitative estimate of drug-likeness (QED) is 0.335. The number of cyclic esters (lactones) is 1. The van der Waals surface area contributed by atoms with Crippen molar-refractivity contribution in [3.8, 4) is 0 Å². The first-order valence-electron chi connectivity index (χ1n) is 3.43. The Morgan fingerprint density at radius 1 is 1.50 bits per heavy atom. The Balaban J connectivity index is 2.64. The number of rotatable bonds is 2. The number of ether oxygens (including phenoxy) is 1. The van der Waals surface area contributed by atoms with Gasteiger partial charge in [0.05, 0.1) is 6.61 Å². The number of esters is 1. The van der Waals surface area contributed by atoms with Gasteiger partial charge >= 0.3 is 5.97 Å². The summed E-state index contributed by atoms with van der Waals surface area (Å²) in [5.74, 6) is -0.986. The van der Waals surface area contributed by atoms with Gasteiger partial charge in [0.15, 0.2) is 12.2 Å². The number of carbonyl (C=O) groups excluding carboxylic acids is 1. The van der Waals surface area contributed by atoms with Crippen molar-refractivity contribution < 1.29 is 30.0 Å². The largest absolute Gasteiger partial charge is 0.455 e. The first kappa shape index (κ1) is 9.40. The lowest BCUT2D eigenvalue weighted by atomic mass is 10.1. The van der Waals surface area contributed by atoms with Crippen LogP contribution in [0.4, 0.5) is 0 Å². The Hall–Kier alpha value is -0.690. The molecule has 1 unspecified atom stereocenters. The van der Waals surface area contributed by atoms with Crippen molar-refractivity contribution in [2.45, 2.75) is 24.4 Å². The van der Waals surface area contributed by atoms with Crippen molar-refractivity contribution in [3.63, 3.8) is 0 Å². The first-order chi connectivity index (χ1) is 5.57. The molecule has 70 valence electrons. The van der Waals surface area contributed by atoms with Crippen LogP contribution in [0.25, 0.3) is 0 Å². The molecule has 0 spiro atoms. The molecule has 0 aromatic heterocycles. The molecule has 4 N–H and O–H groups in total. The average Bonchev–Trinajstić information content (AvgIpc) is 2.32. The normalized spacial score (nSPS) is 38.0. The molecular formula is C6H10O6. The smallest absolute Gasteiger partial charge is 0.338 e. The summed E-state index contributed by atoms with van der Waals surface area (Å²) < 4.78 is 4.39. The monoisotopic (exact) mass is 178 g/mol. The average molecular weight is 178 g/mol. The van der Waals surface area contributed by atoms with Gasteiger partial charge in [-0.15, -0.1) is 0 Å². The Morgan fingerprint density at radius 2 is 2.08 bits per heavy atom. The van der Waals surface area contributed by atoms with Gasteiger partial charge in [0.25, 0.3) is 0 Å². The topological polar surface area (TPSA) is 107 Å². The molecule has 1 heterocycles. The lowest BCUT2D eigenvalue weighted by Gasteiger charge is -2.17. The van der Waals surface area contributed by atoms with E-state index in [-0.39, 0.29) is 0 Å². The fourth-order valence-electron chi connectivity index (χ4n) is 1.00. The van der Waals surface area contributed by atoms with Crippen LogP contribution in [0.2, 0.25) is 0 Å². The highest BCUT2D eigenvalue weighted by molar-refractivity contribution is 5.77. The molecule has 0 aromatic carbocycles. The zero-order chi connectivity index (χ0) is 9.30. The minimum atomic E-state index is -1.63. The van der Waals surface area contributed by atoms with Gasteiger partial charge in [-0.05, 0) is 0 Å². The van der Waals surface area contributed by atoms with Crippen molar-refractivity contribution >= 4 is 5.97 Å². The lowest BCUT2D eigenvalue weighted by molar-refractivity contribution is -0.151. The third kappa shape index (κ3) is 1.42. The van der Waals surface area contributed by atoms with Crippen LogP contribution in [-0.2, 0) is 9.53 Å². The Morgan fingerprint density at radius 3 is 2.42 bits per heavy atom. The molecular weight excluding hydrogens is 168 g/mol. The van der Waals surface area contributed by atoms with Gasteiger partial charge in [-0.1, -0.05) is 0 Å². The molecule has 0 radical (unpaired) electrons. The van der Waals surface area contributed by atoms with Crippen LogP contribution in [0.1, 0.15) is 0 Å². The van der Waals surface area contributed by atoms with Gasteiger partial charge < -0.3 is 25.2 Å². The van der Waals surface area contributed by atoms with E-state index in [0.717, 1.165) is 0 Å². The summed E-state index contributed by atoms with van der Waals surface area (Å²) in [5, 5.41) is 35.3. The molecule has 0 amide bonds. The van der Waals surface area contributed by atoms with Crippen LogP contribution < -0.4 is 0 Å². The molecule has 1 fully saturated rings. The Labute approximate surface area is 68.0 Å². The zero-order valence-corrected chi connectivity index (χ0v) is 6.12. The SMILES string of the molecule is O=C1O[C@H]([C@@H](O)CO)[C@@H](O)C1O. The maximum absolute atomic E-state index is 10.6. The minimum absolute atomic E-state index is 0.637. The summed E-state index contributed by atoms with van der Waals surface area (Å²) in [6.07, 6.45) is -5.70. The van der Waals surface area contributed by atoms with Gasteiger partial charge in [-0.3, -0.25) is 0 Å². The van der Waals surface area contributed by atoms with Crippen molar-refractivity contribution in [3.05, 3.63) is 0 Å². The Kier molecular flexibility index (Phi) is 2.63. The number of hydrogen-bond donors (Lipinski definition) is 4. The maximum Gasteiger partial charge on any atom is 0.338 e. The predicted molar refractivity (Wildman–Crippen MR) is 35.0 cm³/mol. The fraction of sp³-hybridized carbons (Fsp3) is 0.833. The lowest BCUT2D eigenvalue weighted by Crippen LogP contribution is -2.40. The summed E-state index contributed by atoms with van der Waals surface area (Å²) in [7, 11) is 0. The van der Waals surface area contributed by atoms with E-state index in [2.05, 4.69) is 4.74 Å². The summed E-state index contributed by atoms with van der Waals surface area (Å²) in [6, 6.07) is 0. The highest BCUT2D eigenvalue weighted by atomic mass is 16.6. The molecule has 4 atom stereocenters. The van der Waals surface area contributed by atoms with Gasteiger partial charge in [-0.2, -0.15) is 0 Å². The molecule has 1 saturated heterocycles. The second-order valence-corrected chi connectivity index (χ2v) is 2.59. The number of aliphatic hydroxyl groups excluding tert-OH is 4. The van der Waals surface area contributed by atoms with E-state index in [1.165, 1.54) is 0 Å². The van der Waals surface area contributed by atoms with Crippen molar-refractivity contribution in [1.82, 2.24) is 0 Å². The molecule has 0 aromatic rings. The summed E-state index contributed by atoms with van der Waals surface area (Å²) in [6.45, 7) is -0.637. The van der Waals surface area contributed by atoms with E-state index in [1.807, 2.05) is 0 Å². The zero-order valence-electron chi connectivity index (χ0n) is 6.12. The highest BCUT2D eigenvalue weighted by Crippen LogP contribution is 2.18. The van der Waals surface area contributed by atoms with E-state index in [4.69, 9.17) is 20.4 Å². The molecule has 0 saturated carbocycles. The fourth-order valence-corrected chi connectivity index (χ4v) is 1.00. The van der Waals surface area contributed by atoms with E-state index < -0.39 is 37.0 Å². The van der Waals surface area contributed by atoms with Gasteiger partial charge in [0, 0.05) is 0 Å². The third-order valence-electron chi connectivity index (χ3n) is 1.72. The van der Waals surface area contributed by atoms with Crippen LogP contribution in [0.3, 0.4) is 0 Å². The third-order valence-corrected chi connectivity index (χ3v) is 1.72. The summed E-state index contributed by atoms with van der Waals surface area (Å²) in [4.78, 5) is 10.6. The second-order valence-electron chi connectivity index (χ2n) is 2.59. The van der Waals surface area contributed by atoms with E-state index in [9.17, 15) is 4.79 Å². The summed E-state index contributed by atoms with van der Waals surface area (Å²) in [5.41, 5.74) is 0. The minimum Gasteiger partial charge on any atom is -0.455 e. The molecule has 1 aliphatic rings. The number of aliphatic hydroxyl groups is 4. The predicted octanol–water partition coefficient (Wildman–Crippen LogP) is -3.01. The molecule has 1 aliphatic heterocycles. The molecule has 0 bridgehead atoms. The molecule has 1 rings (SSSR count). The maximum atomic E-state index is 10.6. The van der Waals surface area contributed by atoms with Gasteiger partial charge in [0.1, 0.15) is 12.2 Å². The standard InChI is InChI=1S/C6H10O6/c7-1-2(8)5-3(9)4(10)6(11)12-5/h2-5,7-10H,1H2/t2-,3-,4?,5+/m0/s1. The molecule has 12 heavy (non-hydrogen) atoms. The van der Waals surface area contributed by atoms with Crippen LogP contribution in [-0.4, -0.2) is 57.4 Å². The summed E-state index contributed by atoms with van der Waals surface area (Å²) >= 11 is 0.